The van der Waals surface area contributed by atoms with Crippen LogP contribution in [0.2, 0.25) is 0 Å². The monoisotopic (exact) mass is 596 g/mol. The Morgan fingerprint density at radius 1 is 1.16 bits per heavy atom. The minimum absolute atomic E-state index is 0.0648. The third-order valence-corrected chi connectivity index (χ3v) is 10.8. The van der Waals surface area contributed by atoms with Gasteiger partial charge < -0.3 is 19.1 Å². The van der Waals surface area contributed by atoms with Gasteiger partial charge in [0.15, 0.2) is 11.5 Å². The zero-order valence-electron chi connectivity index (χ0n) is 26.7. The Balaban J connectivity index is 1.35. The minimum atomic E-state index is -0.739. The summed E-state index contributed by atoms with van der Waals surface area (Å²) in [6.07, 6.45) is 5.13. The summed E-state index contributed by atoms with van der Waals surface area (Å²) in [6, 6.07) is 12.0. The highest BCUT2D eigenvalue weighted by Crippen LogP contribution is 2.67. The van der Waals surface area contributed by atoms with Gasteiger partial charge in [0.25, 0.3) is 5.91 Å². The summed E-state index contributed by atoms with van der Waals surface area (Å²) in [5, 5.41) is 0. The molecule has 0 radical (unpaired) electrons. The first-order chi connectivity index (χ1) is 21.2. The van der Waals surface area contributed by atoms with Crippen LogP contribution in [0, 0.1) is 30.6 Å². The summed E-state index contributed by atoms with van der Waals surface area (Å²) < 4.78 is 19.6. The standard InChI is InChI=1S/C37H44N2O5/c1-23(2)21-39(32(41)14-11-26-8-6-7-24(3)19-26)29-15-16-37(44-25(4)40)31-20-28-12-13-30(42-5)34-33(28)36(37,35(29)43-34)17-18-38(31)22-27-9-10-27/h6-8,12-13,19,23,27,29,31,35H,9-10,15-18,20-22H2,1-5H3/t29-,31+,35-,36-,37+/m0/s1. The number of ether oxygens (including phenoxy) is 3. The van der Waals surface area contributed by atoms with Crippen LogP contribution in [0.3, 0.4) is 0 Å². The van der Waals surface area contributed by atoms with Gasteiger partial charge in [-0.1, -0.05) is 38.0 Å². The lowest BCUT2D eigenvalue weighted by Gasteiger charge is -2.65. The quantitative estimate of drug-likeness (QED) is 0.330. The van der Waals surface area contributed by atoms with E-state index in [0.717, 1.165) is 54.3 Å². The SMILES string of the molecule is COc1ccc2c3c1O[C@H]1[C@@H](N(CC(C)C)C(=O)C#Cc4cccc(C)c4)CC[C@@]4(OC(C)=O)[C@@H](C2)N(CC2CC2)CC[C@]314. The normalized spacial score (nSPS) is 29.6. The molecular weight excluding hydrogens is 552 g/mol. The summed E-state index contributed by atoms with van der Waals surface area (Å²) in [4.78, 5) is 31.7. The smallest absolute Gasteiger partial charge is 0.303 e. The number of amides is 1. The van der Waals surface area contributed by atoms with Crippen LogP contribution >= 0.6 is 0 Å². The van der Waals surface area contributed by atoms with Crippen LogP contribution in [0.5, 0.6) is 11.5 Å². The molecule has 44 heavy (non-hydrogen) atoms. The largest absolute Gasteiger partial charge is 0.493 e. The van der Waals surface area contributed by atoms with Gasteiger partial charge in [0.1, 0.15) is 11.7 Å². The van der Waals surface area contributed by atoms with E-state index in [9.17, 15) is 9.59 Å². The summed E-state index contributed by atoms with van der Waals surface area (Å²) in [7, 11) is 1.68. The zero-order valence-corrected chi connectivity index (χ0v) is 26.7. The second-order valence-corrected chi connectivity index (χ2v) is 14.1. The van der Waals surface area contributed by atoms with Gasteiger partial charge in [-0.2, -0.15) is 0 Å². The fraction of sp³-hybridized carbons (Fsp3) is 0.568. The average molecular weight is 597 g/mol. The van der Waals surface area contributed by atoms with Crippen LogP contribution in [-0.2, 0) is 26.2 Å². The molecule has 7 heteroatoms. The number of hydrogen-bond donors (Lipinski definition) is 0. The van der Waals surface area contributed by atoms with Crippen molar-refractivity contribution in [3.8, 4) is 23.3 Å². The van der Waals surface area contributed by atoms with Gasteiger partial charge in [-0.3, -0.25) is 14.5 Å². The molecule has 2 bridgehead atoms. The average Bonchev–Trinajstić information content (AvgIpc) is 3.73. The number of benzene rings is 2. The molecule has 3 aliphatic carbocycles. The number of piperidine rings is 1. The first kappa shape index (κ1) is 29.2. The maximum atomic E-state index is 14.1. The van der Waals surface area contributed by atoms with E-state index in [1.807, 2.05) is 42.2 Å². The number of likely N-dealkylation sites (tertiary alicyclic amines) is 1. The lowest BCUT2D eigenvalue weighted by Crippen LogP contribution is -2.79. The first-order valence-corrected chi connectivity index (χ1v) is 16.4. The van der Waals surface area contributed by atoms with E-state index < -0.39 is 11.0 Å². The van der Waals surface area contributed by atoms with E-state index in [4.69, 9.17) is 14.2 Å². The molecule has 1 saturated heterocycles. The predicted molar refractivity (Wildman–Crippen MR) is 168 cm³/mol. The van der Waals surface area contributed by atoms with Gasteiger partial charge in [-0.15, -0.1) is 0 Å². The molecule has 2 aromatic rings. The van der Waals surface area contributed by atoms with Gasteiger partial charge in [0.05, 0.1) is 24.6 Å². The van der Waals surface area contributed by atoms with Crippen LogP contribution in [0.1, 0.15) is 75.1 Å². The number of nitrogens with zero attached hydrogens (tertiary/aromatic N) is 2. The molecule has 2 heterocycles. The lowest BCUT2D eigenvalue weighted by atomic mass is 9.48. The van der Waals surface area contributed by atoms with E-state index >= 15 is 0 Å². The van der Waals surface area contributed by atoms with Crippen molar-refractivity contribution in [2.24, 2.45) is 11.8 Å². The second-order valence-electron chi connectivity index (χ2n) is 14.1. The Labute approximate surface area is 261 Å². The second kappa shape index (κ2) is 10.8. The molecule has 0 unspecified atom stereocenters. The molecule has 3 fully saturated rings. The molecule has 7 nitrogen and oxygen atoms in total. The third kappa shape index (κ3) is 4.52. The molecule has 2 aliphatic heterocycles. The number of hydrogen-bond acceptors (Lipinski definition) is 6. The summed E-state index contributed by atoms with van der Waals surface area (Å²) in [6.45, 7) is 10.4. The number of carbonyl (C=O) groups excluding carboxylic acids is 2. The molecule has 2 aromatic carbocycles. The van der Waals surface area contributed by atoms with Crippen LogP contribution in [0.15, 0.2) is 36.4 Å². The number of methoxy groups -OCH3 is 1. The van der Waals surface area contributed by atoms with Crippen LogP contribution in [0.25, 0.3) is 0 Å². The number of aryl methyl sites for hydroxylation is 1. The highest BCUT2D eigenvalue weighted by molar-refractivity contribution is 5.94. The molecule has 0 aromatic heterocycles. The van der Waals surface area contributed by atoms with Crippen LogP contribution < -0.4 is 9.47 Å². The Hall–Kier alpha value is -3.50. The highest BCUT2D eigenvalue weighted by atomic mass is 16.6. The Morgan fingerprint density at radius 3 is 2.68 bits per heavy atom. The van der Waals surface area contributed by atoms with Gasteiger partial charge in [0.2, 0.25) is 0 Å². The number of carbonyl (C=O) groups is 2. The van der Waals surface area contributed by atoms with E-state index in [1.54, 1.807) is 14.0 Å². The Kier molecular flexibility index (Phi) is 7.20. The van der Waals surface area contributed by atoms with Crippen molar-refractivity contribution in [2.45, 2.75) is 95.4 Å². The van der Waals surface area contributed by atoms with Crippen molar-refractivity contribution in [1.82, 2.24) is 9.80 Å². The van der Waals surface area contributed by atoms with Gasteiger partial charge in [-0.05, 0) is 93.2 Å². The van der Waals surface area contributed by atoms with E-state index in [1.165, 1.54) is 18.4 Å². The topological polar surface area (TPSA) is 68.3 Å². The van der Waals surface area contributed by atoms with Gasteiger partial charge in [-0.25, -0.2) is 0 Å². The van der Waals surface area contributed by atoms with Crippen molar-refractivity contribution in [3.05, 3.63) is 58.7 Å². The molecule has 1 spiro atoms. The third-order valence-electron chi connectivity index (χ3n) is 10.8. The predicted octanol–water partition coefficient (Wildman–Crippen LogP) is 5.04. The van der Waals surface area contributed by atoms with Crippen molar-refractivity contribution in [2.75, 3.05) is 26.7 Å². The molecular formula is C37H44N2O5. The number of rotatable bonds is 7. The van der Waals surface area contributed by atoms with Crippen LogP contribution in [-0.4, -0.2) is 72.2 Å². The van der Waals surface area contributed by atoms with Gasteiger partial charge >= 0.3 is 5.97 Å². The van der Waals surface area contributed by atoms with E-state index in [2.05, 4.69) is 36.7 Å². The summed E-state index contributed by atoms with van der Waals surface area (Å²) in [5.41, 5.74) is 3.01. The zero-order chi connectivity index (χ0) is 30.8. The summed E-state index contributed by atoms with van der Waals surface area (Å²) >= 11 is 0. The van der Waals surface area contributed by atoms with E-state index in [-0.39, 0.29) is 36.0 Å². The molecule has 5 atom stereocenters. The molecule has 0 N–H and O–H groups in total. The molecule has 2 saturated carbocycles. The maximum absolute atomic E-state index is 14.1. The van der Waals surface area contributed by atoms with E-state index in [0.29, 0.717) is 25.1 Å². The molecule has 7 rings (SSSR count). The lowest BCUT2D eigenvalue weighted by molar-refractivity contribution is -0.224. The highest BCUT2D eigenvalue weighted by Gasteiger charge is 2.76. The first-order valence-electron chi connectivity index (χ1n) is 16.4. The van der Waals surface area contributed by atoms with Crippen molar-refractivity contribution < 1.29 is 23.8 Å². The fourth-order valence-corrected chi connectivity index (χ4v) is 9.04. The Bertz CT molecular complexity index is 1550. The van der Waals surface area contributed by atoms with Gasteiger partial charge in [0, 0.05) is 37.1 Å². The molecule has 5 aliphatic rings. The van der Waals surface area contributed by atoms with Crippen molar-refractivity contribution in [1.29, 1.82) is 0 Å². The van der Waals surface area contributed by atoms with Crippen molar-refractivity contribution >= 4 is 11.9 Å². The number of esters is 1. The fourth-order valence-electron chi connectivity index (χ4n) is 9.04. The maximum Gasteiger partial charge on any atom is 0.303 e. The van der Waals surface area contributed by atoms with Crippen molar-refractivity contribution in [3.63, 3.8) is 0 Å². The molecule has 1 amide bonds. The van der Waals surface area contributed by atoms with Crippen LogP contribution in [0.4, 0.5) is 0 Å². The summed E-state index contributed by atoms with van der Waals surface area (Å²) in [5.74, 6) is 8.10. The Morgan fingerprint density at radius 2 is 1.98 bits per heavy atom. The minimum Gasteiger partial charge on any atom is -0.493 e. The molecule has 232 valence electrons.